The van der Waals surface area contributed by atoms with Gasteiger partial charge in [-0.3, -0.25) is 14.4 Å². The maximum absolute atomic E-state index is 12.9. The Morgan fingerprint density at radius 3 is 0.800 bits per heavy atom. The van der Waals surface area contributed by atoms with E-state index >= 15 is 0 Å². The zero-order chi connectivity index (χ0) is 47.5. The highest BCUT2D eigenvalue weighted by atomic mass is 16.6. The summed E-state index contributed by atoms with van der Waals surface area (Å²) in [7, 11) is 0. The van der Waals surface area contributed by atoms with Crippen molar-refractivity contribution in [3.8, 4) is 0 Å². The molecule has 6 nitrogen and oxygen atoms in total. The first-order chi connectivity index (χ1) is 31.8. The van der Waals surface area contributed by atoms with Gasteiger partial charge in [0, 0.05) is 19.3 Å². The average molecular weight is 920 g/mol. The normalized spacial score (nSPS) is 12.9. The first-order valence-electron chi connectivity index (χ1n) is 29.3. The van der Waals surface area contributed by atoms with Crippen molar-refractivity contribution in [2.45, 2.75) is 336 Å². The molecule has 0 aromatic heterocycles. The summed E-state index contributed by atoms with van der Waals surface area (Å²) in [5.74, 6) is 0.902. The molecular weight excluding hydrogens is 805 g/mol. The maximum atomic E-state index is 12.9. The summed E-state index contributed by atoms with van der Waals surface area (Å²) in [6.45, 7) is 11.5. The van der Waals surface area contributed by atoms with Crippen LogP contribution in [-0.4, -0.2) is 37.2 Å². The molecule has 0 amide bonds. The van der Waals surface area contributed by atoms with Crippen LogP contribution in [0.3, 0.4) is 0 Å². The van der Waals surface area contributed by atoms with Crippen LogP contribution in [-0.2, 0) is 28.6 Å². The van der Waals surface area contributed by atoms with Crippen molar-refractivity contribution in [2.24, 2.45) is 11.8 Å². The fourth-order valence-corrected chi connectivity index (χ4v) is 8.99. The Labute approximate surface area is 406 Å². The van der Waals surface area contributed by atoms with E-state index in [1.54, 1.807) is 0 Å². The van der Waals surface area contributed by atoms with E-state index in [-0.39, 0.29) is 31.1 Å². The predicted octanol–water partition coefficient (Wildman–Crippen LogP) is 19.3. The summed E-state index contributed by atoms with van der Waals surface area (Å²) in [5, 5.41) is 0. The van der Waals surface area contributed by atoms with Gasteiger partial charge in [0.1, 0.15) is 13.2 Å². The fourth-order valence-electron chi connectivity index (χ4n) is 8.99. The third-order valence-corrected chi connectivity index (χ3v) is 14.2. The van der Waals surface area contributed by atoms with Gasteiger partial charge in [-0.15, -0.1) is 0 Å². The van der Waals surface area contributed by atoms with Crippen molar-refractivity contribution >= 4 is 17.9 Å². The van der Waals surface area contributed by atoms with Gasteiger partial charge in [-0.25, -0.2) is 0 Å². The van der Waals surface area contributed by atoms with Gasteiger partial charge in [0.15, 0.2) is 6.10 Å². The molecule has 6 heteroatoms. The number of unbranched alkanes of at least 4 members (excludes halogenated alkanes) is 36. The Morgan fingerprint density at radius 1 is 0.308 bits per heavy atom. The van der Waals surface area contributed by atoms with Gasteiger partial charge in [-0.1, -0.05) is 291 Å². The van der Waals surface area contributed by atoms with Gasteiger partial charge >= 0.3 is 17.9 Å². The van der Waals surface area contributed by atoms with Crippen molar-refractivity contribution in [1.82, 2.24) is 0 Å². The molecule has 0 saturated heterocycles. The number of rotatable bonds is 53. The van der Waals surface area contributed by atoms with E-state index in [0.29, 0.717) is 19.3 Å². The Bertz CT molecular complexity index is 997. The molecule has 0 rings (SSSR count). The second-order valence-corrected chi connectivity index (χ2v) is 20.8. The van der Waals surface area contributed by atoms with Crippen molar-refractivity contribution in [2.75, 3.05) is 13.2 Å². The van der Waals surface area contributed by atoms with Crippen molar-refractivity contribution < 1.29 is 28.6 Å². The summed E-state index contributed by atoms with van der Waals surface area (Å²) in [6, 6.07) is 0. The standard InChI is InChI=1S/C59H114O6/c1-6-9-10-11-12-13-14-15-16-17-18-22-25-28-34-39-44-49-57(60)63-52-56(53-64-58(61)50-45-40-35-31-30-33-38-43-48-55(5)8-3)65-59(62)51-46-41-36-29-26-23-20-19-21-24-27-32-37-42-47-54(4)7-2/h54-56H,6-53H2,1-5H3/t54?,55?,56-/m1/s1. The lowest BCUT2D eigenvalue weighted by atomic mass is 9.99. The summed E-state index contributed by atoms with van der Waals surface area (Å²) >= 11 is 0. The van der Waals surface area contributed by atoms with E-state index in [4.69, 9.17) is 14.2 Å². The van der Waals surface area contributed by atoms with Crippen LogP contribution in [0.15, 0.2) is 0 Å². The minimum atomic E-state index is -0.763. The van der Waals surface area contributed by atoms with Crippen LogP contribution in [0.1, 0.15) is 330 Å². The maximum Gasteiger partial charge on any atom is 0.306 e. The largest absolute Gasteiger partial charge is 0.462 e. The van der Waals surface area contributed by atoms with Crippen LogP contribution in [0.25, 0.3) is 0 Å². The highest BCUT2D eigenvalue weighted by molar-refractivity contribution is 5.71. The molecule has 65 heavy (non-hydrogen) atoms. The molecule has 0 saturated carbocycles. The summed E-state index contributed by atoms with van der Waals surface area (Å²) < 4.78 is 16.9. The Hall–Kier alpha value is -1.59. The lowest BCUT2D eigenvalue weighted by molar-refractivity contribution is -0.167. The average Bonchev–Trinajstić information content (AvgIpc) is 3.30. The predicted molar refractivity (Wildman–Crippen MR) is 280 cm³/mol. The number of esters is 3. The molecule has 0 spiro atoms. The Balaban J connectivity index is 4.29. The van der Waals surface area contributed by atoms with Crippen LogP contribution < -0.4 is 0 Å². The van der Waals surface area contributed by atoms with Crippen LogP contribution in [0.4, 0.5) is 0 Å². The molecule has 0 heterocycles. The van der Waals surface area contributed by atoms with Gasteiger partial charge in [0.2, 0.25) is 0 Å². The van der Waals surface area contributed by atoms with Crippen LogP contribution >= 0.6 is 0 Å². The van der Waals surface area contributed by atoms with E-state index in [1.165, 1.54) is 218 Å². The van der Waals surface area contributed by atoms with Gasteiger partial charge in [-0.05, 0) is 31.1 Å². The molecule has 0 bridgehead atoms. The van der Waals surface area contributed by atoms with Gasteiger partial charge in [0.05, 0.1) is 0 Å². The molecule has 0 N–H and O–H groups in total. The highest BCUT2D eigenvalue weighted by Gasteiger charge is 2.19. The summed E-state index contributed by atoms with van der Waals surface area (Å²) in [4.78, 5) is 38.1. The molecule has 0 aliphatic heterocycles. The van der Waals surface area contributed by atoms with Gasteiger partial charge < -0.3 is 14.2 Å². The molecule has 3 atom stereocenters. The van der Waals surface area contributed by atoms with E-state index in [2.05, 4.69) is 34.6 Å². The highest BCUT2D eigenvalue weighted by Crippen LogP contribution is 2.19. The first kappa shape index (κ1) is 63.4. The minimum Gasteiger partial charge on any atom is -0.462 e. The van der Waals surface area contributed by atoms with E-state index < -0.39 is 6.10 Å². The Kier molecular flexibility index (Phi) is 50.5. The second kappa shape index (κ2) is 51.8. The van der Waals surface area contributed by atoms with E-state index in [9.17, 15) is 14.4 Å². The molecule has 0 aromatic carbocycles. The van der Waals surface area contributed by atoms with E-state index in [1.807, 2.05) is 0 Å². The number of hydrogen-bond donors (Lipinski definition) is 0. The number of ether oxygens (including phenoxy) is 3. The van der Waals surface area contributed by atoms with Gasteiger partial charge in [0.25, 0.3) is 0 Å². The van der Waals surface area contributed by atoms with Crippen molar-refractivity contribution in [3.63, 3.8) is 0 Å². The summed E-state index contributed by atoms with van der Waals surface area (Å²) in [6.07, 6.45) is 55.1. The quantitative estimate of drug-likeness (QED) is 0.0344. The molecule has 0 aliphatic rings. The third-order valence-electron chi connectivity index (χ3n) is 14.2. The molecular formula is C59H114O6. The van der Waals surface area contributed by atoms with Crippen molar-refractivity contribution in [1.29, 1.82) is 0 Å². The Morgan fingerprint density at radius 2 is 0.538 bits per heavy atom. The third kappa shape index (κ3) is 50.1. The molecule has 386 valence electrons. The fraction of sp³-hybridized carbons (Fsp3) is 0.949. The second-order valence-electron chi connectivity index (χ2n) is 20.8. The zero-order valence-corrected chi connectivity index (χ0v) is 44.6. The van der Waals surface area contributed by atoms with Crippen molar-refractivity contribution in [3.05, 3.63) is 0 Å². The molecule has 0 aliphatic carbocycles. The van der Waals surface area contributed by atoms with Gasteiger partial charge in [-0.2, -0.15) is 0 Å². The lowest BCUT2D eigenvalue weighted by Crippen LogP contribution is -2.30. The van der Waals surface area contributed by atoms with Crippen LogP contribution in [0.2, 0.25) is 0 Å². The SMILES string of the molecule is CCCCCCCCCCCCCCCCCCCC(=O)OC[C@H](COC(=O)CCCCCCCCCCC(C)CC)OC(=O)CCCCCCCCCCCCCCCCC(C)CC. The smallest absolute Gasteiger partial charge is 0.306 e. The lowest BCUT2D eigenvalue weighted by Gasteiger charge is -2.18. The zero-order valence-electron chi connectivity index (χ0n) is 44.6. The number of carbonyl (C=O) groups is 3. The monoisotopic (exact) mass is 919 g/mol. The summed E-state index contributed by atoms with van der Waals surface area (Å²) in [5.41, 5.74) is 0. The van der Waals surface area contributed by atoms with Crippen LogP contribution in [0.5, 0.6) is 0 Å². The first-order valence-corrected chi connectivity index (χ1v) is 29.3. The topological polar surface area (TPSA) is 78.9 Å². The number of carbonyl (C=O) groups excluding carboxylic acids is 3. The van der Waals surface area contributed by atoms with E-state index in [0.717, 1.165) is 69.6 Å². The van der Waals surface area contributed by atoms with Crippen LogP contribution in [0, 0.1) is 11.8 Å². The molecule has 0 aromatic rings. The number of hydrogen-bond acceptors (Lipinski definition) is 6. The molecule has 0 fully saturated rings. The minimum absolute atomic E-state index is 0.0629. The molecule has 0 radical (unpaired) electrons. The molecule has 2 unspecified atom stereocenters.